The van der Waals surface area contributed by atoms with E-state index in [-0.39, 0.29) is 10.7 Å². The number of rotatable bonds is 6. The number of hydrogen-bond acceptors (Lipinski definition) is 5. The van der Waals surface area contributed by atoms with Crippen LogP contribution < -0.4 is 5.32 Å². The third kappa shape index (κ3) is 4.88. The molecule has 2 aromatic heterocycles. The number of carbonyl (C=O) groups is 2. The fourth-order valence-electron chi connectivity index (χ4n) is 3.48. The molecule has 0 aliphatic heterocycles. The molecule has 7 nitrogen and oxygen atoms in total. The molecule has 0 saturated carbocycles. The first-order valence-corrected chi connectivity index (χ1v) is 10.9. The zero-order chi connectivity index (χ0) is 23.5. The first-order chi connectivity index (χ1) is 15.8. The van der Waals surface area contributed by atoms with Crippen LogP contribution in [0.2, 0.25) is 5.15 Å². The summed E-state index contributed by atoms with van der Waals surface area (Å²) >= 11 is 6.46. The van der Waals surface area contributed by atoms with E-state index >= 15 is 0 Å². The zero-order valence-corrected chi connectivity index (χ0v) is 19.3. The Morgan fingerprint density at radius 1 is 1.09 bits per heavy atom. The molecule has 1 unspecified atom stereocenters. The van der Waals surface area contributed by atoms with Crippen molar-refractivity contribution in [2.75, 3.05) is 5.32 Å². The minimum absolute atomic E-state index is 0.151. The molecule has 33 heavy (non-hydrogen) atoms. The van der Waals surface area contributed by atoms with Gasteiger partial charge in [-0.1, -0.05) is 47.5 Å². The number of anilines is 1. The standard InChI is InChI=1S/C25H23ClN4O3/c1-15-9-11-18(12-10-15)14-30-23(26)22(16(2)29-30)25(32)33-17(3)24(31)28-21-8-4-7-20-19(21)6-5-13-27-20/h4-13,17H,14H2,1-3H3,(H,28,31). The van der Waals surface area contributed by atoms with Crippen molar-refractivity contribution in [3.05, 3.63) is 88.3 Å². The number of fused-ring (bicyclic) bond motifs is 1. The second kappa shape index (κ2) is 9.42. The molecule has 0 spiro atoms. The highest BCUT2D eigenvalue weighted by molar-refractivity contribution is 6.32. The molecule has 4 aromatic rings. The summed E-state index contributed by atoms with van der Waals surface area (Å²) in [5, 5.41) is 8.15. The van der Waals surface area contributed by atoms with Crippen LogP contribution in [0.3, 0.4) is 0 Å². The number of aromatic nitrogens is 3. The minimum Gasteiger partial charge on any atom is -0.449 e. The SMILES string of the molecule is Cc1ccc(Cn2nc(C)c(C(=O)OC(C)C(=O)Nc3cccc4ncccc34)c2Cl)cc1. The van der Waals surface area contributed by atoms with Gasteiger partial charge in [0.2, 0.25) is 0 Å². The number of ether oxygens (including phenoxy) is 1. The topological polar surface area (TPSA) is 86.1 Å². The van der Waals surface area contributed by atoms with E-state index in [1.165, 1.54) is 6.92 Å². The zero-order valence-electron chi connectivity index (χ0n) is 18.5. The molecule has 0 fully saturated rings. The van der Waals surface area contributed by atoms with Gasteiger partial charge < -0.3 is 10.1 Å². The lowest BCUT2D eigenvalue weighted by molar-refractivity contribution is -0.123. The average molecular weight is 463 g/mol. The Morgan fingerprint density at radius 3 is 2.61 bits per heavy atom. The van der Waals surface area contributed by atoms with Crippen LogP contribution in [0.4, 0.5) is 5.69 Å². The fraction of sp³-hybridized carbons (Fsp3) is 0.200. The van der Waals surface area contributed by atoms with Gasteiger partial charge in [0.1, 0.15) is 10.7 Å². The maximum atomic E-state index is 12.8. The molecule has 4 rings (SSSR count). The Labute approximate surface area is 196 Å². The molecule has 0 saturated heterocycles. The van der Waals surface area contributed by atoms with E-state index in [9.17, 15) is 9.59 Å². The van der Waals surface area contributed by atoms with Gasteiger partial charge in [-0.25, -0.2) is 9.48 Å². The van der Waals surface area contributed by atoms with Crippen molar-refractivity contribution >= 4 is 40.1 Å². The Balaban J connectivity index is 1.46. The molecular weight excluding hydrogens is 440 g/mol. The van der Waals surface area contributed by atoms with Crippen molar-refractivity contribution in [3.63, 3.8) is 0 Å². The largest absolute Gasteiger partial charge is 0.449 e. The van der Waals surface area contributed by atoms with Gasteiger partial charge in [0, 0.05) is 11.6 Å². The number of hydrogen-bond donors (Lipinski definition) is 1. The average Bonchev–Trinajstić information content (AvgIpc) is 3.08. The number of benzene rings is 2. The van der Waals surface area contributed by atoms with Crippen molar-refractivity contribution < 1.29 is 14.3 Å². The maximum Gasteiger partial charge on any atom is 0.343 e. The normalized spacial score (nSPS) is 11.9. The Morgan fingerprint density at radius 2 is 1.85 bits per heavy atom. The number of esters is 1. The molecule has 0 aliphatic rings. The first-order valence-electron chi connectivity index (χ1n) is 10.5. The summed E-state index contributed by atoms with van der Waals surface area (Å²) in [4.78, 5) is 29.8. The highest BCUT2D eigenvalue weighted by atomic mass is 35.5. The van der Waals surface area contributed by atoms with Crippen molar-refractivity contribution in [3.8, 4) is 0 Å². The van der Waals surface area contributed by atoms with Gasteiger partial charge in [-0.2, -0.15) is 5.10 Å². The highest BCUT2D eigenvalue weighted by Crippen LogP contribution is 2.24. The van der Waals surface area contributed by atoms with Crippen LogP contribution in [-0.2, 0) is 16.1 Å². The summed E-state index contributed by atoms with van der Waals surface area (Å²) in [5.74, 6) is -1.16. The monoisotopic (exact) mass is 462 g/mol. The predicted octanol–water partition coefficient (Wildman–Crippen LogP) is 4.93. The molecule has 168 valence electrons. The van der Waals surface area contributed by atoms with Gasteiger partial charge >= 0.3 is 5.97 Å². The van der Waals surface area contributed by atoms with Gasteiger partial charge in [-0.3, -0.25) is 9.78 Å². The van der Waals surface area contributed by atoms with Crippen molar-refractivity contribution in [2.24, 2.45) is 0 Å². The number of pyridine rings is 1. The summed E-state index contributed by atoms with van der Waals surface area (Å²) in [7, 11) is 0. The number of carbonyl (C=O) groups excluding carboxylic acids is 2. The van der Waals surface area contributed by atoms with Gasteiger partial charge in [-0.15, -0.1) is 0 Å². The van der Waals surface area contributed by atoms with E-state index in [1.807, 2.05) is 43.3 Å². The van der Waals surface area contributed by atoms with Crippen LogP contribution in [0.5, 0.6) is 0 Å². The van der Waals surface area contributed by atoms with Crippen LogP contribution in [0.25, 0.3) is 10.9 Å². The molecule has 2 aromatic carbocycles. The molecule has 1 amide bonds. The minimum atomic E-state index is -1.04. The summed E-state index contributed by atoms with van der Waals surface area (Å²) in [6.45, 7) is 5.62. The molecule has 0 aliphatic carbocycles. The number of aryl methyl sites for hydroxylation is 2. The summed E-state index contributed by atoms with van der Waals surface area (Å²) in [6.07, 6.45) is 0.643. The number of amides is 1. The summed E-state index contributed by atoms with van der Waals surface area (Å²) in [6, 6.07) is 17.0. The Kier molecular flexibility index (Phi) is 6.42. The van der Waals surface area contributed by atoms with Crippen molar-refractivity contribution in [1.82, 2.24) is 14.8 Å². The number of halogens is 1. The van der Waals surface area contributed by atoms with E-state index < -0.39 is 18.0 Å². The van der Waals surface area contributed by atoms with Gasteiger partial charge in [0.05, 0.1) is 23.4 Å². The molecular formula is C25H23ClN4O3. The molecule has 8 heteroatoms. The van der Waals surface area contributed by atoms with Crippen LogP contribution in [0.1, 0.15) is 34.1 Å². The molecule has 0 radical (unpaired) electrons. The van der Waals surface area contributed by atoms with Crippen LogP contribution in [-0.4, -0.2) is 32.7 Å². The Hall–Kier alpha value is -3.71. The fourth-order valence-corrected chi connectivity index (χ4v) is 3.79. The van der Waals surface area contributed by atoms with E-state index in [1.54, 1.807) is 36.0 Å². The predicted molar refractivity (Wildman–Crippen MR) is 128 cm³/mol. The maximum absolute atomic E-state index is 12.8. The van der Waals surface area contributed by atoms with E-state index in [0.717, 1.165) is 22.0 Å². The summed E-state index contributed by atoms with van der Waals surface area (Å²) in [5.41, 5.74) is 4.08. The van der Waals surface area contributed by atoms with E-state index in [0.29, 0.717) is 17.9 Å². The lowest BCUT2D eigenvalue weighted by Crippen LogP contribution is -2.30. The molecule has 0 bridgehead atoms. The second-order valence-corrected chi connectivity index (χ2v) is 8.16. The van der Waals surface area contributed by atoms with Crippen LogP contribution in [0, 0.1) is 13.8 Å². The van der Waals surface area contributed by atoms with Gasteiger partial charge in [-0.05, 0) is 50.6 Å². The molecule has 1 atom stereocenters. The lowest BCUT2D eigenvalue weighted by atomic mass is 10.1. The van der Waals surface area contributed by atoms with Crippen LogP contribution >= 0.6 is 11.6 Å². The van der Waals surface area contributed by atoms with Gasteiger partial charge in [0.25, 0.3) is 5.91 Å². The van der Waals surface area contributed by atoms with E-state index in [4.69, 9.17) is 16.3 Å². The highest BCUT2D eigenvalue weighted by Gasteiger charge is 2.26. The summed E-state index contributed by atoms with van der Waals surface area (Å²) < 4.78 is 6.97. The second-order valence-electron chi connectivity index (χ2n) is 7.81. The van der Waals surface area contributed by atoms with Gasteiger partial charge in [0.15, 0.2) is 6.10 Å². The smallest absolute Gasteiger partial charge is 0.343 e. The third-order valence-corrected chi connectivity index (χ3v) is 5.66. The lowest BCUT2D eigenvalue weighted by Gasteiger charge is -2.14. The van der Waals surface area contributed by atoms with Crippen LogP contribution in [0.15, 0.2) is 60.8 Å². The molecule has 2 heterocycles. The molecule has 1 N–H and O–H groups in total. The third-order valence-electron chi connectivity index (χ3n) is 5.28. The first kappa shape index (κ1) is 22.5. The quantitative estimate of drug-likeness (QED) is 0.410. The number of nitrogens with zero attached hydrogens (tertiary/aromatic N) is 3. The Bertz CT molecular complexity index is 1330. The number of nitrogens with one attached hydrogen (secondary N) is 1. The van der Waals surface area contributed by atoms with E-state index in [2.05, 4.69) is 15.4 Å². The van der Waals surface area contributed by atoms with Crippen molar-refractivity contribution in [1.29, 1.82) is 0 Å². The van der Waals surface area contributed by atoms with Crippen molar-refractivity contribution in [2.45, 2.75) is 33.4 Å².